The summed E-state index contributed by atoms with van der Waals surface area (Å²) in [6.07, 6.45) is -0.533. The van der Waals surface area contributed by atoms with Crippen molar-refractivity contribution in [1.82, 2.24) is 5.32 Å². The fraction of sp³-hybridized carbons (Fsp3) is 0.286. The predicted octanol–water partition coefficient (Wildman–Crippen LogP) is 4.06. The van der Waals surface area contributed by atoms with Crippen molar-refractivity contribution < 1.29 is 23.5 Å². The van der Waals surface area contributed by atoms with Crippen molar-refractivity contribution in [1.29, 1.82) is 0 Å². The average Bonchev–Trinajstić information content (AvgIpc) is 2.61. The number of anilines is 2. The molecule has 3 N–H and O–H groups in total. The number of carbonyl (C=O) groups excluding carboxylic acids is 3. The molecule has 0 fully saturated rings. The topological polar surface area (TPSA) is 96.5 Å². The van der Waals surface area contributed by atoms with Crippen LogP contribution >= 0.6 is 0 Å². The molecule has 0 aromatic heterocycles. The van der Waals surface area contributed by atoms with Crippen LogP contribution in [-0.4, -0.2) is 23.5 Å². The van der Waals surface area contributed by atoms with Crippen molar-refractivity contribution in [2.24, 2.45) is 0 Å². The molecule has 0 saturated carbocycles. The molecule has 3 amide bonds. The number of carbonyl (C=O) groups is 3. The van der Waals surface area contributed by atoms with Gasteiger partial charge in [0.1, 0.15) is 11.4 Å². The van der Waals surface area contributed by atoms with Crippen LogP contribution in [0.3, 0.4) is 0 Å². The maximum absolute atomic E-state index is 14.0. The third-order valence-corrected chi connectivity index (χ3v) is 3.59. The predicted molar refractivity (Wildman–Crippen MR) is 108 cm³/mol. The molecule has 0 unspecified atom stereocenters. The Balaban J connectivity index is 1.99. The van der Waals surface area contributed by atoms with Gasteiger partial charge in [0.2, 0.25) is 5.91 Å². The molecule has 0 heterocycles. The number of benzene rings is 2. The lowest BCUT2D eigenvalue weighted by Gasteiger charge is -2.19. The molecule has 7 nitrogen and oxygen atoms in total. The van der Waals surface area contributed by atoms with Crippen LogP contribution < -0.4 is 16.0 Å². The van der Waals surface area contributed by atoms with Gasteiger partial charge in [0.15, 0.2) is 0 Å². The Morgan fingerprint density at radius 1 is 1.00 bits per heavy atom. The second kappa shape index (κ2) is 9.18. The first-order valence-corrected chi connectivity index (χ1v) is 8.98. The van der Waals surface area contributed by atoms with E-state index in [4.69, 9.17) is 4.74 Å². The highest BCUT2D eigenvalue weighted by atomic mass is 19.1. The van der Waals surface area contributed by atoms with Gasteiger partial charge in [-0.15, -0.1) is 0 Å². The van der Waals surface area contributed by atoms with E-state index in [2.05, 4.69) is 16.0 Å². The minimum Gasteiger partial charge on any atom is -0.444 e. The summed E-state index contributed by atoms with van der Waals surface area (Å²) in [4.78, 5) is 35.2. The fourth-order valence-corrected chi connectivity index (χ4v) is 2.36. The van der Waals surface area contributed by atoms with Gasteiger partial charge in [0.05, 0.1) is 5.69 Å². The number of hydrogen-bond acceptors (Lipinski definition) is 4. The minimum absolute atomic E-state index is 0.0445. The van der Waals surface area contributed by atoms with E-state index in [0.717, 1.165) is 11.6 Å². The summed E-state index contributed by atoms with van der Waals surface area (Å²) in [7, 11) is 0. The number of amides is 3. The van der Waals surface area contributed by atoms with Crippen LogP contribution in [0.4, 0.5) is 20.6 Å². The zero-order valence-electron chi connectivity index (χ0n) is 16.8. The smallest absolute Gasteiger partial charge is 0.407 e. The summed E-state index contributed by atoms with van der Waals surface area (Å²) in [6.45, 7) is 6.89. The minimum atomic E-state index is -0.620. The van der Waals surface area contributed by atoms with Crippen LogP contribution in [0.2, 0.25) is 0 Å². The van der Waals surface area contributed by atoms with Crippen molar-refractivity contribution in [3.05, 3.63) is 59.4 Å². The number of alkyl carbamates (subject to hydrolysis) is 1. The zero-order valence-corrected chi connectivity index (χ0v) is 16.8. The highest BCUT2D eigenvalue weighted by molar-refractivity contribution is 6.04. The number of halogens is 1. The maximum Gasteiger partial charge on any atom is 0.407 e. The van der Waals surface area contributed by atoms with Gasteiger partial charge < -0.3 is 20.7 Å². The Morgan fingerprint density at radius 3 is 2.24 bits per heavy atom. The van der Waals surface area contributed by atoms with Crippen molar-refractivity contribution in [2.45, 2.75) is 39.8 Å². The van der Waals surface area contributed by atoms with Crippen molar-refractivity contribution in [3.8, 4) is 0 Å². The van der Waals surface area contributed by atoms with E-state index in [1.807, 2.05) is 0 Å². The van der Waals surface area contributed by atoms with Gasteiger partial charge in [-0.25, -0.2) is 9.18 Å². The summed E-state index contributed by atoms with van der Waals surface area (Å²) in [5.41, 5.74) is 0.828. The number of rotatable bonds is 5. The molecule has 0 aliphatic carbocycles. The molecule has 0 radical (unpaired) electrons. The van der Waals surface area contributed by atoms with Gasteiger partial charge in [-0.1, -0.05) is 12.1 Å². The molecule has 2 aromatic rings. The fourth-order valence-electron chi connectivity index (χ4n) is 2.36. The van der Waals surface area contributed by atoms with Gasteiger partial charge in [-0.05, 0) is 56.7 Å². The standard InChI is InChI=1S/C21H24FN3O4/c1-13(26)24-16-9-10-17(22)18(11-16)25-19(27)15-7-5-14(6-8-15)12-23-20(28)29-21(2,3)4/h5-11H,12H2,1-4H3,(H,23,28)(H,24,26)(H,25,27). The Hall–Kier alpha value is -3.42. The van der Waals surface area contributed by atoms with E-state index >= 15 is 0 Å². The number of nitrogens with one attached hydrogen (secondary N) is 3. The molecule has 2 rings (SSSR count). The maximum atomic E-state index is 14.0. The molecule has 8 heteroatoms. The van der Waals surface area contributed by atoms with E-state index in [1.54, 1.807) is 45.0 Å². The molecule has 2 aromatic carbocycles. The third-order valence-electron chi connectivity index (χ3n) is 3.59. The normalized spacial score (nSPS) is 10.8. The zero-order chi connectivity index (χ0) is 21.6. The first-order valence-electron chi connectivity index (χ1n) is 8.98. The van der Waals surface area contributed by atoms with Crippen LogP contribution in [-0.2, 0) is 16.1 Å². The Labute approximate surface area is 168 Å². The monoisotopic (exact) mass is 401 g/mol. The molecule has 0 atom stereocenters. The first-order chi connectivity index (χ1) is 13.5. The molecule has 0 saturated heterocycles. The van der Waals surface area contributed by atoms with E-state index in [1.165, 1.54) is 19.1 Å². The second-order valence-electron chi connectivity index (χ2n) is 7.38. The van der Waals surface area contributed by atoms with Crippen molar-refractivity contribution >= 4 is 29.3 Å². The molecule has 29 heavy (non-hydrogen) atoms. The van der Waals surface area contributed by atoms with Crippen LogP contribution in [0.1, 0.15) is 43.6 Å². The Kier molecular flexibility index (Phi) is 6.93. The molecule has 154 valence electrons. The van der Waals surface area contributed by atoms with Crippen LogP contribution in [0.15, 0.2) is 42.5 Å². The van der Waals surface area contributed by atoms with E-state index < -0.39 is 23.4 Å². The Morgan fingerprint density at radius 2 is 1.66 bits per heavy atom. The highest BCUT2D eigenvalue weighted by Crippen LogP contribution is 2.20. The van der Waals surface area contributed by atoms with Gasteiger partial charge in [0, 0.05) is 24.7 Å². The first kappa shape index (κ1) is 21.9. The van der Waals surface area contributed by atoms with E-state index in [9.17, 15) is 18.8 Å². The lowest BCUT2D eigenvalue weighted by molar-refractivity contribution is -0.114. The van der Waals surface area contributed by atoms with Crippen LogP contribution in [0.5, 0.6) is 0 Å². The van der Waals surface area contributed by atoms with Gasteiger partial charge in [0.25, 0.3) is 5.91 Å². The molecular weight excluding hydrogens is 377 g/mol. The van der Waals surface area contributed by atoms with Crippen molar-refractivity contribution in [2.75, 3.05) is 10.6 Å². The number of hydrogen-bond donors (Lipinski definition) is 3. The van der Waals surface area contributed by atoms with Gasteiger partial charge in [-0.2, -0.15) is 0 Å². The van der Waals surface area contributed by atoms with Crippen molar-refractivity contribution in [3.63, 3.8) is 0 Å². The SMILES string of the molecule is CC(=O)Nc1ccc(F)c(NC(=O)c2ccc(CNC(=O)OC(C)(C)C)cc2)c1. The molecule has 0 spiro atoms. The lowest BCUT2D eigenvalue weighted by atomic mass is 10.1. The number of ether oxygens (including phenoxy) is 1. The van der Waals surface area contributed by atoms with Gasteiger partial charge in [-0.3, -0.25) is 9.59 Å². The second-order valence-corrected chi connectivity index (χ2v) is 7.38. The van der Waals surface area contributed by atoms with E-state index in [0.29, 0.717) is 11.3 Å². The molecule has 0 bridgehead atoms. The van der Waals surface area contributed by atoms with E-state index in [-0.39, 0.29) is 18.1 Å². The highest BCUT2D eigenvalue weighted by Gasteiger charge is 2.16. The average molecular weight is 401 g/mol. The summed E-state index contributed by atoms with van der Waals surface area (Å²) in [5, 5.41) is 7.64. The third kappa shape index (κ3) is 7.25. The van der Waals surface area contributed by atoms with Crippen LogP contribution in [0.25, 0.3) is 0 Å². The summed E-state index contributed by atoms with van der Waals surface area (Å²) in [6, 6.07) is 10.4. The molecular formula is C21H24FN3O4. The quantitative estimate of drug-likeness (QED) is 0.704. The largest absolute Gasteiger partial charge is 0.444 e. The summed E-state index contributed by atoms with van der Waals surface area (Å²) in [5.74, 6) is -1.43. The van der Waals surface area contributed by atoms with Gasteiger partial charge >= 0.3 is 6.09 Å². The molecule has 0 aliphatic heterocycles. The van der Waals surface area contributed by atoms with Crippen LogP contribution in [0, 0.1) is 5.82 Å². The summed E-state index contributed by atoms with van der Waals surface area (Å²) >= 11 is 0. The molecule has 0 aliphatic rings. The Bertz CT molecular complexity index is 905. The lowest BCUT2D eigenvalue weighted by Crippen LogP contribution is -2.32. The summed E-state index contributed by atoms with van der Waals surface area (Å²) < 4.78 is 19.1.